The van der Waals surface area contributed by atoms with E-state index in [4.69, 9.17) is 18.4 Å². The first-order valence-corrected chi connectivity index (χ1v) is 7.64. The van der Waals surface area contributed by atoms with Crippen molar-refractivity contribution in [2.75, 3.05) is 13.2 Å². The van der Waals surface area contributed by atoms with E-state index in [-0.39, 0.29) is 5.89 Å². The van der Waals surface area contributed by atoms with Gasteiger partial charge in [0.2, 0.25) is 5.82 Å². The summed E-state index contributed by atoms with van der Waals surface area (Å²) < 4.78 is 21.6. The van der Waals surface area contributed by atoms with Crippen molar-refractivity contribution in [2.45, 2.75) is 0 Å². The molecule has 1 aliphatic heterocycles. The van der Waals surface area contributed by atoms with E-state index in [1.54, 1.807) is 24.3 Å². The van der Waals surface area contributed by atoms with Crippen LogP contribution in [0, 0.1) is 0 Å². The van der Waals surface area contributed by atoms with Crippen molar-refractivity contribution in [3.63, 3.8) is 0 Å². The van der Waals surface area contributed by atoms with Crippen molar-refractivity contribution in [1.82, 2.24) is 15.1 Å². The first-order chi connectivity index (χ1) is 12.3. The number of benzene rings is 2. The van der Waals surface area contributed by atoms with E-state index < -0.39 is 5.76 Å². The van der Waals surface area contributed by atoms with Gasteiger partial charge in [-0.25, -0.2) is 4.79 Å². The minimum atomic E-state index is -0.533. The van der Waals surface area contributed by atoms with Gasteiger partial charge in [-0.2, -0.15) is 4.98 Å². The Morgan fingerprint density at radius 1 is 1.04 bits per heavy atom. The summed E-state index contributed by atoms with van der Waals surface area (Å²) in [5, 5.41) is 4.01. The molecule has 0 saturated heterocycles. The molecule has 0 unspecified atom stereocenters. The van der Waals surface area contributed by atoms with E-state index in [0.29, 0.717) is 47.2 Å². The molecule has 2 aromatic carbocycles. The van der Waals surface area contributed by atoms with Gasteiger partial charge in [0.25, 0.3) is 5.89 Å². The fourth-order valence-electron chi connectivity index (χ4n) is 2.77. The number of fused-ring (bicyclic) bond motifs is 2. The second-order valence-electron chi connectivity index (χ2n) is 5.48. The van der Waals surface area contributed by atoms with Crippen molar-refractivity contribution >= 4 is 11.1 Å². The Kier molecular flexibility index (Phi) is 2.90. The molecular weight excluding hydrogens is 326 g/mol. The topological polar surface area (TPSA) is 103 Å². The minimum absolute atomic E-state index is 0.262. The Balaban J connectivity index is 1.58. The fourth-order valence-corrected chi connectivity index (χ4v) is 2.77. The number of aromatic nitrogens is 3. The van der Waals surface area contributed by atoms with E-state index in [1.165, 1.54) is 0 Å². The zero-order valence-electron chi connectivity index (χ0n) is 12.8. The van der Waals surface area contributed by atoms with Crippen molar-refractivity contribution in [3.8, 4) is 34.3 Å². The van der Waals surface area contributed by atoms with Crippen LogP contribution in [0.4, 0.5) is 0 Å². The van der Waals surface area contributed by atoms with E-state index in [0.717, 1.165) is 5.56 Å². The maximum Gasteiger partial charge on any atom is 0.417 e. The van der Waals surface area contributed by atoms with Crippen LogP contribution in [0.15, 0.2) is 50.1 Å². The van der Waals surface area contributed by atoms with Gasteiger partial charge in [-0.05, 0) is 30.3 Å². The third-order valence-electron chi connectivity index (χ3n) is 3.90. The molecule has 0 spiro atoms. The predicted molar refractivity (Wildman–Crippen MR) is 86.6 cm³/mol. The molecular formula is C17H11N3O5. The molecule has 0 aliphatic carbocycles. The molecule has 1 N–H and O–H groups in total. The van der Waals surface area contributed by atoms with E-state index in [9.17, 15) is 4.79 Å². The van der Waals surface area contributed by atoms with E-state index in [1.807, 2.05) is 12.1 Å². The number of para-hydroxylation sites is 1. The highest BCUT2D eigenvalue weighted by atomic mass is 16.6. The second kappa shape index (κ2) is 5.23. The SMILES string of the molecule is O=c1[nH]c2cccc(-c3nc(-c4ccc5c(c4)OCCO5)no3)c2o1. The third kappa shape index (κ3) is 2.26. The highest BCUT2D eigenvalue weighted by molar-refractivity contribution is 5.87. The Morgan fingerprint density at radius 2 is 1.92 bits per heavy atom. The average Bonchev–Trinajstić information content (AvgIpc) is 3.26. The lowest BCUT2D eigenvalue weighted by Gasteiger charge is -2.18. The highest BCUT2D eigenvalue weighted by Crippen LogP contribution is 2.34. The van der Waals surface area contributed by atoms with Crippen molar-refractivity contribution in [2.24, 2.45) is 0 Å². The van der Waals surface area contributed by atoms with Gasteiger partial charge in [-0.3, -0.25) is 4.98 Å². The predicted octanol–water partition coefficient (Wildman–Crippen LogP) is 2.61. The van der Waals surface area contributed by atoms with E-state index in [2.05, 4.69) is 15.1 Å². The third-order valence-corrected chi connectivity index (χ3v) is 3.90. The molecule has 5 rings (SSSR count). The van der Waals surface area contributed by atoms with Crippen LogP contribution in [0.3, 0.4) is 0 Å². The van der Waals surface area contributed by atoms with Gasteiger partial charge >= 0.3 is 5.76 Å². The molecule has 8 heteroatoms. The molecule has 0 atom stereocenters. The number of aromatic amines is 1. The van der Waals surface area contributed by atoms with Gasteiger partial charge < -0.3 is 18.4 Å². The summed E-state index contributed by atoms with van der Waals surface area (Å²) in [7, 11) is 0. The molecule has 0 bridgehead atoms. The zero-order valence-corrected chi connectivity index (χ0v) is 12.8. The van der Waals surface area contributed by atoms with Crippen LogP contribution in [0.2, 0.25) is 0 Å². The standard InChI is InChI=1S/C17H11N3O5/c21-17-18-11-3-1-2-10(14(11)24-17)16-19-15(20-25-16)9-4-5-12-13(8-9)23-7-6-22-12/h1-5,8H,6-7H2,(H,18,21). The number of rotatable bonds is 2. The molecule has 124 valence electrons. The van der Waals surface area contributed by atoms with E-state index >= 15 is 0 Å². The minimum Gasteiger partial charge on any atom is -0.486 e. The van der Waals surface area contributed by atoms with Crippen LogP contribution in [-0.4, -0.2) is 28.3 Å². The molecule has 25 heavy (non-hydrogen) atoms. The van der Waals surface area contributed by atoms with Crippen LogP contribution in [0.1, 0.15) is 0 Å². The molecule has 0 radical (unpaired) electrons. The zero-order chi connectivity index (χ0) is 16.8. The number of hydrogen-bond acceptors (Lipinski definition) is 7. The summed E-state index contributed by atoms with van der Waals surface area (Å²) in [6.07, 6.45) is 0. The lowest BCUT2D eigenvalue weighted by Crippen LogP contribution is -2.15. The Morgan fingerprint density at radius 3 is 2.84 bits per heavy atom. The first kappa shape index (κ1) is 13.8. The van der Waals surface area contributed by atoms with Crippen molar-refractivity contribution < 1.29 is 18.4 Å². The Hall–Kier alpha value is -3.55. The number of ether oxygens (including phenoxy) is 2. The molecule has 1 aliphatic rings. The number of H-pyrrole nitrogens is 1. The molecule has 4 aromatic rings. The quantitative estimate of drug-likeness (QED) is 0.599. The maximum absolute atomic E-state index is 11.4. The lowest BCUT2D eigenvalue weighted by molar-refractivity contribution is 0.171. The number of oxazole rings is 1. The molecule has 8 nitrogen and oxygen atoms in total. The van der Waals surface area contributed by atoms with Crippen LogP contribution in [0.5, 0.6) is 11.5 Å². The summed E-state index contributed by atoms with van der Waals surface area (Å²) in [5.41, 5.74) is 2.24. The summed E-state index contributed by atoms with van der Waals surface area (Å²) in [6.45, 7) is 1.03. The average molecular weight is 337 g/mol. The smallest absolute Gasteiger partial charge is 0.417 e. The van der Waals surface area contributed by atoms with Gasteiger partial charge in [0, 0.05) is 5.56 Å². The molecule has 2 aromatic heterocycles. The van der Waals surface area contributed by atoms with Gasteiger partial charge in [-0.15, -0.1) is 0 Å². The maximum atomic E-state index is 11.4. The van der Waals surface area contributed by atoms with Gasteiger partial charge in [0.15, 0.2) is 17.1 Å². The number of nitrogens with one attached hydrogen (secondary N) is 1. The summed E-state index contributed by atoms with van der Waals surface area (Å²) >= 11 is 0. The Labute approximate surface area is 140 Å². The lowest BCUT2D eigenvalue weighted by atomic mass is 10.1. The molecule has 0 fully saturated rings. The van der Waals surface area contributed by atoms with Crippen molar-refractivity contribution in [3.05, 3.63) is 46.9 Å². The van der Waals surface area contributed by atoms with Crippen LogP contribution in [0.25, 0.3) is 33.9 Å². The van der Waals surface area contributed by atoms with Crippen LogP contribution in [-0.2, 0) is 0 Å². The number of nitrogens with zero attached hydrogens (tertiary/aromatic N) is 2. The largest absolute Gasteiger partial charge is 0.486 e. The summed E-state index contributed by atoms with van der Waals surface area (Å²) in [6, 6.07) is 10.7. The number of hydrogen-bond donors (Lipinski definition) is 1. The molecule has 0 saturated carbocycles. The normalized spacial score (nSPS) is 13.3. The molecule has 3 heterocycles. The Bertz CT molecular complexity index is 1140. The van der Waals surface area contributed by atoms with Crippen LogP contribution < -0.4 is 15.2 Å². The second-order valence-corrected chi connectivity index (χ2v) is 5.48. The van der Waals surface area contributed by atoms with Gasteiger partial charge in [0.05, 0.1) is 11.1 Å². The highest BCUT2D eigenvalue weighted by Gasteiger charge is 2.18. The molecule has 0 amide bonds. The monoisotopic (exact) mass is 337 g/mol. The first-order valence-electron chi connectivity index (χ1n) is 7.64. The summed E-state index contributed by atoms with van der Waals surface area (Å²) in [5.74, 6) is 1.47. The van der Waals surface area contributed by atoms with Gasteiger partial charge in [0.1, 0.15) is 13.2 Å². The van der Waals surface area contributed by atoms with Crippen LogP contribution >= 0.6 is 0 Å². The summed E-state index contributed by atoms with van der Waals surface area (Å²) in [4.78, 5) is 18.4. The van der Waals surface area contributed by atoms with Gasteiger partial charge in [-0.1, -0.05) is 11.2 Å². The van der Waals surface area contributed by atoms with Crippen molar-refractivity contribution in [1.29, 1.82) is 0 Å². The fraction of sp³-hybridized carbons (Fsp3) is 0.118.